The van der Waals surface area contributed by atoms with Gasteiger partial charge >= 0.3 is 0 Å². The van der Waals surface area contributed by atoms with Gasteiger partial charge in [0, 0.05) is 169 Å². The molecule has 14 nitrogen and oxygen atoms in total. The molecule has 0 spiro atoms. The lowest BCUT2D eigenvalue weighted by Gasteiger charge is -2.11. The molecule has 0 aliphatic heterocycles. The number of fused-ring (bicyclic) bond motifs is 21. The van der Waals surface area contributed by atoms with Crippen LogP contribution in [0.4, 0.5) is 0 Å². The highest BCUT2D eigenvalue weighted by atomic mass is 32.1. The van der Waals surface area contributed by atoms with Crippen LogP contribution in [-0.2, 0) is 0 Å². The number of furan rings is 2. The Bertz CT molecular complexity index is 10200. The summed E-state index contributed by atoms with van der Waals surface area (Å²) in [6.45, 7) is 0. The van der Waals surface area contributed by atoms with Crippen molar-refractivity contribution in [2.45, 2.75) is 0 Å². The summed E-state index contributed by atoms with van der Waals surface area (Å²) in [5.74, 6) is 5.73. The molecule has 18 aromatic carbocycles. The van der Waals surface area contributed by atoms with Crippen molar-refractivity contribution >= 4 is 235 Å². The van der Waals surface area contributed by atoms with Gasteiger partial charge in [-0.1, -0.05) is 279 Å². The lowest BCUT2D eigenvalue weighted by atomic mass is 10.0. The minimum atomic E-state index is 0.606. The van der Waals surface area contributed by atoms with E-state index >= 15 is 0 Å². The second-order valence-electron chi connectivity index (χ2n) is 34.2. The Balaban J connectivity index is 0.000000104. The second kappa shape index (κ2) is 34.1. The zero-order chi connectivity index (χ0) is 92.7. The summed E-state index contributed by atoms with van der Waals surface area (Å²) < 4.78 is 25.5. The zero-order valence-electron chi connectivity index (χ0n) is 74.1. The first-order valence-corrected chi connectivity index (χ1v) is 51.6. The van der Waals surface area contributed by atoms with Crippen LogP contribution in [-0.4, -0.2) is 59.8 Å². The van der Waals surface area contributed by atoms with Gasteiger partial charge < -0.3 is 8.83 Å². The van der Waals surface area contributed by atoms with E-state index in [-0.39, 0.29) is 0 Å². The first kappa shape index (κ1) is 82.4. The average molecular weight is 1930 g/mol. The number of benzene rings is 18. The van der Waals surface area contributed by atoms with Gasteiger partial charge in [0.05, 0.1) is 30.6 Å². The van der Waals surface area contributed by atoms with Crippen LogP contribution in [0.5, 0.6) is 0 Å². The van der Waals surface area contributed by atoms with E-state index in [9.17, 15) is 0 Å². The number of aromatic nitrogens is 12. The van der Waals surface area contributed by atoms with Gasteiger partial charge in [0.2, 0.25) is 0 Å². The van der Waals surface area contributed by atoms with Crippen molar-refractivity contribution in [2.24, 2.45) is 0 Å². The van der Waals surface area contributed by atoms with Gasteiger partial charge in [-0.2, -0.15) is 0 Å². The second-order valence-corrected chi connectivity index (χ2v) is 41.6. The SMILES string of the molecule is c1ccc(-c2nc(-c3ccc4oc5ccccc5c4c3)nc(-c3cccc4sc5cccc(-c6nc7ccccc7s6)c5c34)n2)cc1.c1ccc(-c2nc(-c3cccc4c3sc3ccccc34)nc(-c3cccc4sc5cccc(-c6nc7ccccc7s6)c5c34)n2)cc1.c1ccc(-c2nc(-c3cccc4oc5ccccc5c34)nc(-c3cccc4sc5cccc(-c6nc7ccccc7s6)c5c34)n2)cc1. The van der Waals surface area contributed by atoms with Gasteiger partial charge in [-0.3, -0.25) is 0 Å². The van der Waals surface area contributed by atoms with Crippen LogP contribution >= 0.6 is 79.4 Å². The molecule has 0 N–H and O–H groups in total. The van der Waals surface area contributed by atoms with Crippen molar-refractivity contribution in [1.82, 2.24) is 59.8 Å². The summed E-state index contributed by atoms with van der Waals surface area (Å²) in [6.07, 6.45) is 0. The van der Waals surface area contributed by atoms with E-state index in [1.54, 1.807) is 79.4 Å². The van der Waals surface area contributed by atoms with E-state index in [0.717, 1.165) is 158 Å². The maximum Gasteiger partial charge on any atom is 0.165 e. The Morgan fingerprint density at radius 1 is 0.149 bits per heavy atom. The third-order valence-corrected chi connectivity index (χ3v) is 33.6. The molecule has 0 fully saturated rings. The van der Waals surface area contributed by atoms with Crippen LogP contribution in [0.2, 0.25) is 0 Å². The highest BCUT2D eigenvalue weighted by molar-refractivity contribution is 7.28. The van der Waals surface area contributed by atoms with E-state index in [1.165, 1.54) is 78.6 Å². The van der Waals surface area contributed by atoms with Crippen LogP contribution in [0.25, 0.3) is 289 Å². The molecule has 30 rings (SSSR count). The quantitative estimate of drug-likeness (QED) is 0.113. The average Bonchev–Trinajstić information content (AvgIpc) is 1.57. The molecule has 0 amide bonds. The largest absolute Gasteiger partial charge is 0.456 e. The monoisotopic (exact) mass is 1930 g/mol. The summed E-state index contributed by atoms with van der Waals surface area (Å²) in [4.78, 5) is 61.5. The molecule has 21 heteroatoms. The molecule has 0 aliphatic carbocycles. The summed E-state index contributed by atoms with van der Waals surface area (Å²) in [6, 6.07) is 138. The van der Waals surface area contributed by atoms with Crippen molar-refractivity contribution in [2.75, 3.05) is 0 Å². The third-order valence-electron chi connectivity index (χ3n) is 25.8. The van der Waals surface area contributed by atoms with Crippen LogP contribution in [0.15, 0.2) is 409 Å². The molecular weight excluding hydrogens is 1870 g/mol. The standard InChI is InChI=1S/2C40H22N4OS2.C40H22N4S3/c1-2-11-23(12-3-1)37-42-38(25-14-8-19-30-34(25)24-13-4-6-18-29(24)45-30)44-39(43-37)26-15-9-21-32-35(26)36-27(16-10-22-33(36)46-32)40-41-28-17-5-7-20-31(28)47-40;1-2-10-23(11-3-1)37-42-38(24-20-21-31-28(22-24)25-12-4-6-16-30(25)45-31)44-39(43-37)26-13-8-18-33-35(26)36-27(14-9-19-34(36)46-33)40-41-29-15-5-7-17-32(29)47-40;1-2-11-23(12-3-1)37-42-38(44-39(43-37)28-17-8-14-25-24-13-4-6-19-30(24)46-36(25)28)26-15-9-21-32-34(26)35-27(16-10-22-33(35)45-32)40-41-29-18-5-7-20-31(29)47-40/h3*1-22H. The van der Waals surface area contributed by atoms with E-state index in [0.29, 0.717) is 52.4 Å². The van der Waals surface area contributed by atoms with Crippen molar-refractivity contribution in [1.29, 1.82) is 0 Å². The molecule has 0 radical (unpaired) electrons. The molecule has 30 aromatic rings. The number of hydrogen-bond donors (Lipinski definition) is 0. The van der Waals surface area contributed by atoms with Gasteiger partial charge in [0.25, 0.3) is 0 Å². The van der Waals surface area contributed by atoms with Crippen molar-refractivity contribution in [3.05, 3.63) is 400 Å². The Kier molecular flexibility index (Phi) is 19.9. The maximum atomic E-state index is 6.24. The Morgan fingerprint density at radius 2 is 0.433 bits per heavy atom. The fourth-order valence-electron chi connectivity index (χ4n) is 19.4. The molecule has 0 atom stereocenters. The minimum Gasteiger partial charge on any atom is -0.456 e. The van der Waals surface area contributed by atoms with E-state index < -0.39 is 0 Å². The molecule has 0 aliphatic rings. The van der Waals surface area contributed by atoms with E-state index in [4.69, 9.17) is 68.6 Å². The van der Waals surface area contributed by atoms with Crippen LogP contribution < -0.4 is 0 Å². The highest BCUT2D eigenvalue weighted by Gasteiger charge is 2.28. The fraction of sp³-hybridized carbons (Fsp3) is 0. The molecule has 12 aromatic heterocycles. The molecular formula is C120H66N12O2S7. The van der Waals surface area contributed by atoms with E-state index in [1.807, 2.05) is 158 Å². The molecule has 0 saturated heterocycles. The highest BCUT2D eigenvalue weighted by Crippen LogP contribution is 2.52. The normalized spacial score (nSPS) is 11.8. The predicted octanol–water partition coefficient (Wildman–Crippen LogP) is 34.7. The van der Waals surface area contributed by atoms with Crippen molar-refractivity contribution < 1.29 is 8.83 Å². The van der Waals surface area contributed by atoms with Crippen molar-refractivity contribution in [3.63, 3.8) is 0 Å². The number of para-hydroxylation sites is 5. The number of thiophene rings is 4. The first-order chi connectivity index (χ1) is 69.8. The summed E-state index contributed by atoms with van der Waals surface area (Å²) >= 11 is 12.3. The minimum absolute atomic E-state index is 0.606. The van der Waals surface area contributed by atoms with Crippen LogP contribution in [0.1, 0.15) is 0 Å². The number of rotatable bonds is 12. The van der Waals surface area contributed by atoms with Gasteiger partial charge in [-0.25, -0.2) is 59.8 Å². The van der Waals surface area contributed by atoms with Crippen LogP contribution in [0, 0.1) is 0 Å². The number of nitrogens with zero attached hydrogens (tertiary/aromatic N) is 12. The third kappa shape index (κ3) is 14.4. The van der Waals surface area contributed by atoms with E-state index in [2.05, 4.69) is 243 Å². The Labute approximate surface area is 830 Å². The molecule has 0 saturated carbocycles. The molecule has 141 heavy (non-hydrogen) atoms. The Hall–Kier alpha value is -16.9. The zero-order valence-corrected chi connectivity index (χ0v) is 79.9. The molecule has 660 valence electrons. The van der Waals surface area contributed by atoms with Gasteiger partial charge in [-0.05, 0) is 121 Å². The molecule has 0 bridgehead atoms. The topological polar surface area (TPSA) is 181 Å². The lowest BCUT2D eigenvalue weighted by molar-refractivity contribution is 0.668. The van der Waals surface area contributed by atoms with Crippen LogP contribution in [0.3, 0.4) is 0 Å². The van der Waals surface area contributed by atoms with Crippen molar-refractivity contribution in [3.8, 4) is 134 Å². The van der Waals surface area contributed by atoms with Gasteiger partial charge in [-0.15, -0.1) is 79.4 Å². The lowest BCUT2D eigenvalue weighted by Crippen LogP contribution is -2.00. The number of thiazole rings is 3. The van der Waals surface area contributed by atoms with Gasteiger partial charge in [0.15, 0.2) is 52.4 Å². The molecule has 0 unspecified atom stereocenters. The smallest absolute Gasteiger partial charge is 0.165 e. The Morgan fingerprint density at radius 3 is 0.872 bits per heavy atom. The molecule has 12 heterocycles. The number of hydrogen-bond acceptors (Lipinski definition) is 21. The summed E-state index contributed by atoms with van der Waals surface area (Å²) in [7, 11) is 0. The fourth-order valence-corrected chi connectivity index (χ4v) is 27.1. The summed E-state index contributed by atoms with van der Waals surface area (Å²) in [5, 5.41) is 16.6. The van der Waals surface area contributed by atoms with Gasteiger partial charge in [0.1, 0.15) is 37.4 Å². The predicted molar refractivity (Wildman–Crippen MR) is 590 cm³/mol. The summed E-state index contributed by atoms with van der Waals surface area (Å²) in [5.41, 5.74) is 18.3. The first-order valence-electron chi connectivity index (χ1n) is 45.9. The maximum absolute atomic E-state index is 6.24.